The molecule has 1 saturated carbocycles. The molecule has 3 heterocycles. The van der Waals surface area contributed by atoms with Crippen molar-refractivity contribution < 1.29 is 27.2 Å². The molecule has 1 spiro atoms. The van der Waals surface area contributed by atoms with Crippen molar-refractivity contribution in [3.63, 3.8) is 0 Å². The number of thiophene rings is 3. The number of nitrogens with zero attached hydrogens (tertiary/aromatic N) is 4. The third kappa shape index (κ3) is 4.84. The van der Waals surface area contributed by atoms with E-state index in [4.69, 9.17) is 0 Å². The maximum Gasteiger partial charge on any atom is 0.194 e. The van der Waals surface area contributed by atoms with E-state index in [2.05, 4.69) is 0 Å². The second kappa shape index (κ2) is 12.4. The van der Waals surface area contributed by atoms with Gasteiger partial charge in [-0.1, -0.05) is 19.3 Å². The molecule has 264 valence electrons. The quantitative estimate of drug-likeness (QED) is 0.0996. The lowest BCUT2D eigenvalue weighted by molar-refractivity contribution is 0.103. The summed E-state index contributed by atoms with van der Waals surface area (Å²) in [6.07, 6.45) is 7.87. The molecule has 0 atom stereocenters. The third-order valence-electron chi connectivity index (χ3n) is 10.7. The molecule has 6 nitrogen and oxygen atoms in total. The molecule has 4 aliphatic rings. The van der Waals surface area contributed by atoms with Gasteiger partial charge in [0, 0.05) is 63.7 Å². The van der Waals surface area contributed by atoms with Gasteiger partial charge >= 0.3 is 0 Å². The van der Waals surface area contributed by atoms with Crippen LogP contribution >= 0.6 is 34.0 Å². The van der Waals surface area contributed by atoms with E-state index in [9.17, 15) is 48.2 Å². The highest BCUT2D eigenvalue weighted by Crippen LogP contribution is 2.64. The molecule has 9 rings (SSSR count). The first kappa shape index (κ1) is 34.5. The summed E-state index contributed by atoms with van der Waals surface area (Å²) in [4.78, 5) is 30.6. The van der Waals surface area contributed by atoms with E-state index < -0.39 is 34.8 Å². The topological polar surface area (TPSA) is 129 Å². The Morgan fingerprint density at radius 1 is 0.600 bits per heavy atom. The van der Waals surface area contributed by atoms with Crippen LogP contribution in [0.25, 0.3) is 42.5 Å². The molecule has 2 aromatic carbocycles. The number of carbonyl (C=O) groups excluding carboxylic acids is 2. The zero-order valence-electron chi connectivity index (χ0n) is 28.0. The van der Waals surface area contributed by atoms with Crippen LogP contribution in [0.15, 0.2) is 58.7 Å². The average molecular weight is 783 g/mol. The van der Waals surface area contributed by atoms with Crippen LogP contribution in [0.5, 0.6) is 0 Å². The molecule has 3 aromatic heterocycles. The molecule has 0 radical (unpaired) electrons. The normalized spacial score (nSPS) is 17.6. The van der Waals surface area contributed by atoms with Gasteiger partial charge in [0.1, 0.15) is 35.4 Å². The second-order valence-electron chi connectivity index (χ2n) is 13.5. The molecule has 55 heavy (non-hydrogen) atoms. The first-order valence-corrected chi connectivity index (χ1v) is 19.3. The zero-order valence-corrected chi connectivity index (χ0v) is 30.4. The lowest BCUT2D eigenvalue weighted by Gasteiger charge is -2.35. The molecule has 0 amide bonds. The number of carbonyl (C=O) groups is 2. The van der Waals surface area contributed by atoms with Crippen LogP contribution in [0.3, 0.4) is 0 Å². The maximum absolute atomic E-state index is 14.4. The van der Waals surface area contributed by atoms with Gasteiger partial charge < -0.3 is 0 Å². The predicted molar refractivity (Wildman–Crippen MR) is 201 cm³/mol. The van der Waals surface area contributed by atoms with Crippen molar-refractivity contribution in [2.24, 2.45) is 0 Å². The van der Waals surface area contributed by atoms with Crippen molar-refractivity contribution in [1.29, 1.82) is 21.0 Å². The molecular formula is C42H18F4N4O2S3. The fourth-order valence-electron chi connectivity index (χ4n) is 8.45. The standard InChI is InChI=1S/C42H18F4N4O2S3/c43-29-10-22-24(12-31(29)45)37(51)26(34(22)18(14-47)15-48)6-20-8-28-39(53-20)41-36(42(28)4-2-1-3-5-42)40-33(55-41)9-21(54-40)7-27-35(19(16-49)17-50)23-11-30(44)32(46)13-25(23)38(27)52/h6-13H,1-5H2/b26-6-,27-7-. The Morgan fingerprint density at radius 3 is 1.56 bits per heavy atom. The van der Waals surface area contributed by atoms with E-state index >= 15 is 0 Å². The van der Waals surface area contributed by atoms with Gasteiger partial charge in [-0.3, -0.25) is 9.59 Å². The Labute approximate surface area is 321 Å². The summed E-state index contributed by atoms with van der Waals surface area (Å²) < 4.78 is 59.1. The van der Waals surface area contributed by atoms with Gasteiger partial charge in [-0.05, 0) is 78.1 Å². The van der Waals surface area contributed by atoms with Crippen LogP contribution in [0, 0.1) is 68.6 Å². The maximum atomic E-state index is 14.4. The average Bonchev–Trinajstić information content (AvgIpc) is 3.99. The molecule has 0 bridgehead atoms. The Kier molecular flexibility index (Phi) is 7.80. The number of benzene rings is 2. The summed E-state index contributed by atoms with van der Waals surface area (Å²) >= 11 is 4.48. The molecule has 0 N–H and O–H groups in total. The minimum absolute atomic E-state index is 0.00533. The van der Waals surface area contributed by atoms with Crippen molar-refractivity contribution in [1.82, 2.24) is 0 Å². The largest absolute Gasteiger partial charge is 0.289 e. The van der Waals surface area contributed by atoms with Crippen molar-refractivity contribution in [3.05, 3.63) is 125 Å². The van der Waals surface area contributed by atoms with E-state index in [0.717, 1.165) is 81.1 Å². The van der Waals surface area contributed by atoms with Crippen molar-refractivity contribution in [3.8, 4) is 34.0 Å². The van der Waals surface area contributed by atoms with Crippen LogP contribution < -0.4 is 0 Å². The van der Waals surface area contributed by atoms with Crippen LogP contribution in [-0.4, -0.2) is 11.6 Å². The molecule has 4 aliphatic carbocycles. The van der Waals surface area contributed by atoms with Crippen LogP contribution in [0.2, 0.25) is 0 Å². The number of nitriles is 4. The van der Waals surface area contributed by atoms with Gasteiger partial charge in [-0.15, -0.1) is 34.0 Å². The Morgan fingerprint density at radius 2 is 1.07 bits per heavy atom. The highest BCUT2D eigenvalue weighted by molar-refractivity contribution is 7.32. The van der Waals surface area contributed by atoms with Gasteiger partial charge in [0.2, 0.25) is 0 Å². The molecule has 1 fully saturated rings. The molecule has 0 aliphatic heterocycles. The monoisotopic (exact) mass is 782 g/mol. The van der Waals surface area contributed by atoms with E-state index in [0.29, 0.717) is 9.75 Å². The fourth-order valence-corrected chi connectivity index (χ4v) is 12.6. The number of hydrogen-bond acceptors (Lipinski definition) is 9. The number of hydrogen-bond donors (Lipinski definition) is 0. The second-order valence-corrected chi connectivity index (χ2v) is 16.7. The van der Waals surface area contributed by atoms with E-state index in [-0.39, 0.29) is 61.1 Å². The van der Waals surface area contributed by atoms with Gasteiger partial charge in [-0.2, -0.15) is 21.0 Å². The Bertz CT molecular complexity index is 2960. The van der Waals surface area contributed by atoms with Gasteiger partial charge in [-0.25, -0.2) is 17.6 Å². The summed E-state index contributed by atoms with van der Waals surface area (Å²) in [7, 11) is 0. The number of rotatable bonds is 2. The van der Waals surface area contributed by atoms with Crippen LogP contribution in [-0.2, 0) is 5.41 Å². The van der Waals surface area contributed by atoms with Gasteiger partial charge in [0.25, 0.3) is 0 Å². The van der Waals surface area contributed by atoms with Crippen molar-refractivity contribution in [2.75, 3.05) is 0 Å². The lowest BCUT2D eigenvalue weighted by Crippen LogP contribution is -2.27. The summed E-state index contributed by atoms with van der Waals surface area (Å²) in [6.45, 7) is 0. The highest BCUT2D eigenvalue weighted by Gasteiger charge is 2.48. The predicted octanol–water partition coefficient (Wildman–Crippen LogP) is 11.0. The van der Waals surface area contributed by atoms with Crippen LogP contribution in [0.4, 0.5) is 17.6 Å². The molecule has 13 heteroatoms. The van der Waals surface area contributed by atoms with E-state index in [1.807, 2.05) is 12.1 Å². The fraction of sp³-hybridized carbons (Fsp3) is 0.143. The summed E-state index contributed by atoms with van der Waals surface area (Å²) in [5, 5.41) is 39.0. The molecular weight excluding hydrogens is 765 g/mol. The Hall–Kier alpha value is -6.22. The molecule has 0 saturated heterocycles. The first-order valence-electron chi connectivity index (χ1n) is 16.9. The van der Waals surface area contributed by atoms with Gasteiger partial charge in [0.15, 0.2) is 34.8 Å². The summed E-state index contributed by atoms with van der Waals surface area (Å²) in [6, 6.07) is 14.4. The van der Waals surface area contributed by atoms with Crippen LogP contribution in [0.1, 0.15) is 84.8 Å². The number of ketones is 2. The minimum atomic E-state index is -1.21. The summed E-state index contributed by atoms with van der Waals surface area (Å²) in [5.74, 6) is -6.04. The number of halogens is 4. The van der Waals surface area contributed by atoms with E-state index in [1.165, 1.54) is 28.2 Å². The summed E-state index contributed by atoms with van der Waals surface area (Å²) in [5.41, 5.74) is 0.822. The lowest BCUT2D eigenvalue weighted by atomic mass is 9.68. The zero-order chi connectivity index (χ0) is 38.5. The third-order valence-corrected chi connectivity index (χ3v) is 14.4. The van der Waals surface area contributed by atoms with E-state index in [1.54, 1.807) is 47.8 Å². The number of Topliss-reactive ketones (excluding diaryl/α,β-unsaturated/α-hetero) is 2. The number of allylic oxidation sites excluding steroid dienone is 6. The first-order chi connectivity index (χ1) is 26.5. The molecule has 5 aromatic rings. The van der Waals surface area contributed by atoms with Gasteiger partial charge in [0.05, 0.1) is 9.58 Å². The molecule has 0 unspecified atom stereocenters. The van der Waals surface area contributed by atoms with Crippen molar-refractivity contribution >= 4 is 78.3 Å². The van der Waals surface area contributed by atoms with Crippen molar-refractivity contribution in [2.45, 2.75) is 37.5 Å². The highest BCUT2D eigenvalue weighted by atomic mass is 32.1. The minimum Gasteiger partial charge on any atom is -0.289 e. The SMILES string of the molecule is N#CC(C#N)=C1/C(=C/c2cc3c(s2)-c2sc4cc(/C=C5\C(=O)c6cc(F)c(F)cc6C5=C(C#N)C#N)sc4c2C32CCCCC2)C(=O)c2cc(F)c(F)cc21. The Balaban J connectivity index is 1.18. The smallest absolute Gasteiger partial charge is 0.194 e. The number of fused-ring (bicyclic) bond motifs is 9.